The van der Waals surface area contributed by atoms with Gasteiger partial charge in [-0.3, -0.25) is 9.69 Å². The number of rotatable bonds is 4. The number of carbonyl (C=O) groups excluding carboxylic acids is 1. The Hall–Kier alpha value is -2.23. The highest BCUT2D eigenvalue weighted by Gasteiger charge is 2.35. The molecule has 1 aliphatic heterocycles. The summed E-state index contributed by atoms with van der Waals surface area (Å²) in [5.74, 6) is 0.628. The Labute approximate surface area is 132 Å². The van der Waals surface area contributed by atoms with Crippen molar-refractivity contribution in [1.82, 2.24) is 0 Å². The lowest BCUT2D eigenvalue weighted by Gasteiger charge is -2.37. The van der Waals surface area contributed by atoms with Gasteiger partial charge in [0, 0.05) is 11.8 Å². The Morgan fingerprint density at radius 1 is 1.50 bits per heavy atom. The number of anilines is 2. The molecule has 0 fully saturated rings. The van der Waals surface area contributed by atoms with Gasteiger partial charge in [-0.2, -0.15) is 0 Å². The minimum absolute atomic E-state index is 0.0333. The summed E-state index contributed by atoms with van der Waals surface area (Å²) in [6.07, 6.45) is 6.68. The fourth-order valence-corrected chi connectivity index (χ4v) is 2.66. The highest BCUT2D eigenvalue weighted by Crippen LogP contribution is 2.38. The quantitative estimate of drug-likeness (QED) is 0.681. The second-order valence-corrected chi connectivity index (χ2v) is 5.47. The largest absolute Gasteiger partial charge is 0.479 e. The molecule has 4 nitrogen and oxygen atoms in total. The van der Waals surface area contributed by atoms with Crippen LogP contribution in [0.4, 0.5) is 11.4 Å². The molecule has 0 aromatic heterocycles. The third-order valence-corrected chi connectivity index (χ3v) is 3.88. The van der Waals surface area contributed by atoms with Crippen LogP contribution in [0.1, 0.15) is 34.1 Å². The van der Waals surface area contributed by atoms with E-state index in [1.54, 1.807) is 24.0 Å². The lowest BCUT2D eigenvalue weighted by atomic mass is 10.0. The maximum absolute atomic E-state index is 12.6. The van der Waals surface area contributed by atoms with Crippen molar-refractivity contribution >= 4 is 17.3 Å². The van der Waals surface area contributed by atoms with Crippen LogP contribution < -0.4 is 15.4 Å². The molecule has 0 spiro atoms. The molecular formula is C18H24N2O2. The lowest BCUT2D eigenvalue weighted by molar-refractivity contribution is -0.125. The first kappa shape index (κ1) is 16.1. The Morgan fingerprint density at radius 2 is 2.23 bits per heavy atom. The van der Waals surface area contributed by atoms with E-state index in [9.17, 15) is 4.79 Å². The van der Waals surface area contributed by atoms with Gasteiger partial charge in [-0.25, -0.2) is 0 Å². The number of nitrogens with zero attached hydrogens (tertiary/aromatic N) is 1. The van der Waals surface area contributed by atoms with Crippen LogP contribution in [0.2, 0.25) is 0 Å². The van der Waals surface area contributed by atoms with Gasteiger partial charge in [-0.15, -0.1) is 0 Å². The van der Waals surface area contributed by atoms with Crippen LogP contribution in [0.25, 0.3) is 0 Å². The van der Waals surface area contributed by atoms with Crippen molar-refractivity contribution in [3.05, 3.63) is 42.0 Å². The number of amides is 1. The van der Waals surface area contributed by atoms with Gasteiger partial charge in [-0.05, 0) is 44.9 Å². The van der Waals surface area contributed by atoms with E-state index < -0.39 is 6.10 Å². The molecule has 1 aromatic rings. The summed E-state index contributed by atoms with van der Waals surface area (Å²) < 4.78 is 5.69. The van der Waals surface area contributed by atoms with Crippen LogP contribution >= 0.6 is 0 Å². The third-order valence-electron chi connectivity index (χ3n) is 3.88. The van der Waals surface area contributed by atoms with Crippen molar-refractivity contribution in [2.75, 3.05) is 10.6 Å². The maximum atomic E-state index is 12.6. The number of fused-ring (bicyclic) bond motifs is 1. The molecule has 2 rings (SSSR count). The average molecular weight is 300 g/mol. The first-order valence-corrected chi connectivity index (χ1v) is 7.71. The first-order chi connectivity index (χ1) is 10.5. The number of ether oxygens (including phenoxy) is 1. The van der Waals surface area contributed by atoms with E-state index in [-0.39, 0.29) is 11.9 Å². The van der Waals surface area contributed by atoms with Gasteiger partial charge < -0.3 is 10.5 Å². The zero-order valence-electron chi connectivity index (χ0n) is 13.7. The van der Waals surface area contributed by atoms with Crippen LogP contribution in [0.3, 0.4) is 0 Å². The molecule has 1 aromatic carbocycles. The normalized spacial score (nSPS) is 20.0. The van der Waals surface area contributed by atoms with Crippen molar-refractivity contribution in [2.24, 2.45) is 0 Å². The SMILES string of the molecule is C/C=C(\C=C/CC)C(C)N1C(=O)C(C)Oc2cc(N)ccc21. The average Bonchev–Trinajstić information content (AvgIpc) is 2.49. The molecule has 0 saturated carbocycles. The van der Waals surface area contributed by atoms with Gasteiger partial charge in [0.2, 0.25) is 0 Å². The molecule has 1 heterocycles. The van der Waals surface area contributed by atoms with Crippen LogP contribution in [0, 0.1) is 0 Å². The molecule has 118 valence electrons. The lowest BCUT2D eigenvalue weighted by Crippen LogP contribution is -2.49. The number of hydrogen-bond acceptors (Lipinski definition) is 3. The van der Waals surface area contributed by atoms with Crippen molar-refractivity contribution in [3.8, 4) is 5.75 Å². The number of nitrogens with two attached hydrogens (primary N) is 1. The third kappa shape index (κ3) is 3.01. The predicted molar refractivity (Wildman–Crippen MR) is 91.1 cm³/mol. The Balaban J connectivity index is 2.44. The van der Waals surface area contributed by atoms with Gasteiger partial charge >= 0.3 is 0 Å². The summed E-state index contributed by atoms with van der Waals surface area (Å²) in [5.41, 5.74) is 8.33. The number of benzene rings is 1. The Bertz CT molecular complexity index is 620. The van der Waals surface area contributed by atoms with E-state index in [0.29, 0.717) is 11.4 Å². The van der Waals surface area contributed by atoms with Crippen molar-refractivity contribution in [3.63, 3.8) is 0 Å². The minimum Gasteiger partial charge on any atom is -0.479 e. The molecule has 4 heteroatoms. The summed E-state index contributed by atoms with van der Waals surface area (Å²) in [4.78, 5) is 14.4. The van der Waals surface area contributed by atoms with Gasteiger partial charge in [0.05, 0.1) is 11.7 Å². The minimum atomic E-state index is -0.509. The standard InChI is InChI=1S/C18H24N2O2/c1-5-7-8-14(6-2)12(3)20-16-10-9-15(19)11-17(16)22-13(4)18(20)21/h6-13H,5,19H2,1-4H3/b8-7-,14-6+. The molecule has 2 atom stereocenters. The molecular weight excluding hydrogens is 276 g/mol. The molecule has 0 aliphatic carbocycles. The van der Waals surface area contributed by atoms with Gasteiger partial charge in [-0.1, -0.05) is 25.2 Å². The van der Waals surface area contributed by atoms with E-state index in [2.05, 4.69) is 19.1 Å². The van der Waals surface area contributed by atoms with Crippen LogP contribution in [-0.4, -0.2) is 18.1 Å². The van der Waals surface area contributed by atoms with E-state index in [0.717, 1.165) is 17.7 Å². The maximum Gasteiger partial charge on any atom is 0.268 e. The molecule has 2 unspecified atom stereocenters. The zero-order valence-corrected chi connectivity index (χ0v) is 13.7. The second kappa shape index (κ2) is 6.69. The van der Waals surface area contributed by atoms with Crippen LogP contribution in [0.15, 0.2) is 42.0 Å². The summed E-state index contributed by atoms with van der Waals surface area (Å²) in [5, 5.41) is 0. The molecule has 0 bridgehead atoms. The van der Waals surface area contributed by atoms with E-state index in [4.69, 9.17) is 10.5 Å². The number of nitrogen functional groups attached to an aromatic ring is 1. The number of carbonyl (C=O) groups is 1. The summed E-state index contributed by atoms with van der Waals surface area (Å²) in [7, 11) is 0. The summed E-state index contributed by atoms with van der Waals surface area (Å²) >= 11 is 0. The molecule has 0 radical (unpaired) electrons. The molecule has 1 aliphatic rings. The second-order valence-electron chi connectivity index (χ2n) is 5.47. The number of allylic oxidation sites excluding steroid dienone is 2. The Morgan fingerprint density at radius 3 is 2.86 bits per heavy atom. The van der Waals surface area contributed by atoms with Gasteiger partial charge in [0.1, 0.15) is 5.75 Å². The fourth-order valence-electron chi connectivity index (χ4n) is 2.66. The predicted octanol–water partition coefficient (Wildman–Crippen LogP) is 3.68. The fraction of sp³-hybridized carbons (Fsp3) is 0.389. The molecule has 22 heavy (non-hydrogen) atoms. The monoisotopic (exact) mass is 300 g/mol. The van der Waals surface area contributed by atoms with E-state index >= 15 is 0 Å². The highest BCUT2D eigenvalue weighted by atomic mass is 16.5. The van der Waals surface area contributed by atoms with Gasteiger partial charge in [0.25, 0.3) is 5.91 Å². The smallest absolute Gasteiger partial charge is 0.268 e. The topological polar surface area (TPSA) is 55.6 Å². The van der Waals surface area contributed by atoms with Crippen molar-refractivity contribution in [1.29, 1.82) is 0 Å². The first-order valence-electron chi connectivity index (χ1n) is 7.71. The van der Waals surface area contributed by atoms with E-state index in [1.165, 1.54) is 0 Å². The highest BCUT2D eigenvalue weighted by molar-refractivity contribution is 6.01. The molecule has 0 saturated heterocycles. The van der Waals surface area contributed by atoms with Crippen molar-refractivity contribution < 1.29 is 9.53 Å². The summed E-state index contributed by atoms with van der Waals surface area (Å²) in [6.45, 7) is 7.88. The van der Waals surface area contributed by atoms with Crippen molar-refractivity contribution in [2.45, 2.75) is 46.3 Å². The van der Waals surface area contributed by atoms with Crippen LogP contribution in [-0.2, 0) is 4.79 Å². The van der Waals surface area contributed by atoms with Crippen LogP contribution in [0.5, 0.6) is 5.75 Å². The van der Waals surface area contributed by atoms with E-state index in [1.807, 2.05) is 26.0 Å². The molecule has 1 amide bonds. The summed E-state index contributed by atoms with van der Waals surface area (Å²) in [6, 6.07) is 5.35. The zero-order chi connectivity index (χ0) is 16.3. The molecule has 2 N–H and O–H groups in total. The van der Waals surface area contributed by atoms with Gasteiger partial charge in [0.15, 0.2) is 6.10 Å². The number of hydrogen-bond donors (Lipinski definition) is 1. The Kier molecular flexibility index (Phi) is 4.91.